The molecule has 110 valence electrons. The summed E-state index contributed by atoms with van der Waals surface area (Å²) in [6.45, 7) is 0.575. The molecule has 1 aliphatic carbocycles. The van der Waals surface area contributed by atoms with E-state index in [2.05, 4.69) is 26.9 Å². The minimum Gasteiger partial charge on any atom is -0.370 e. The fourth-order valence-electron chi connectivity index (χ4n) is 2.20. The van der Waals surface area contributed by atoms with Crippen molar-refractivity contribution in [3.8, 4) is 0 Å². The van der Waals surface area contributed by atoms with Gasteiger partial charge in [-0.3, -0.25) is 4.79 Å². The second kappa shape index (κ2) is 6.30. The quantitative estimate of drug-likeness (QED) is 0.797. The molecule has 0 aliphatic heterocycles. The second-order valence-corrected chi connectivity index (χ2v) is 6.20. The van der Waals surface area contributed by atoms with Gasteiger partial charge in [0.25, 0.3) is 0 Å². The molecule has 1 aromatic heterocycles. The number of primary amides is 1. The summed E-state index contributed by atoms with van der Waals surface area (Å²) in [6, 6.07) is 10.3. The van der Waals surface area contributed by atoms with Gasteiger partial charge in [0.15, 0.2) is 5.16 Å². The number of carbonyl (C=O) groups is 1. The van der Waals surface area contributed by atoms with Crippen LogP contribution in [-0.4, -0.2) is 20.7 Å². The Morgan fingerprint density at radius 1 is 1.29 bits per heavy atom. The van der Waals surface area contributed by atoms with E-state index in [-0.39, 0.29) is 5.91 Å². The first kappa shape index (κ1) is 14.1. The third kappa shape index (κ3) is 3.64. The highest BCUT2D eigenvalue weighted by molar-refractivity contribution is 7.98. The molecule has 1 amide bonds. The van der Waals surface area contributed by atoms with Gasteiger partial charge in [0.05, 0.1) is 0 Å². The first-order chi connectivity index (χ1) is 10.2. The number of carbonyl (C=O) groups excluding carboxylic acids is 1. The summed E-state index contributed by atoms with van der Waals surface area (Å²) < 4.78 is 2.07. The largest absolute Gasteiger partial charge is 0.370 e. The van der Waals surface area contributed by atoms with Crippen molar-refractivity contribution in [1.29, 1.82) is 0 Å². The monoisotopic (exact) mass is 302 g/mol. The summed E-state index contributed by atoms with van der Waals surface area (Å²) in [4.78, 5) is 11.0. The molecule has 0 spiro atoms. The molecule has 0 atom stereocenters. The molecule has 2 N–H and O–H groups in total. The average molecular weight is 302 g/mol. The molecule has 21 heavy (non-hydrogen) atoms. The highest BCUT2D eigenvalue weighted by Gasteiger charge is 2.30. The molecular weight excluding hydrogens is 284 g/mol. The molecule has 2 aromatic rings. The smallest absolute Gasteiger partial charge is 0.219 e. The van der Waals surface area contributed by atoms with Crippen LogP contribution in [0.2, 0.25) is 0 Å². The number of nitrogens with two attached hydrogens (primary N) is 1. The molecule has 1 saturated carbocycles. The van der Waals surface area contributed by atoms with Crippen LogP contribution >= 0.6 is 11.8 Å². The Labute approximate surface area is 127 Å². The van der Waals surface area contributed by atoms with Gasteiger partial charge in [-0.15, -0.1) is 10.2 Å². The van der Waals surface area contributed by atoms with Gasteiger partial charge in [-0.2, -0.15) is 0 Å². The third-order valence-corrected chi connectivity index (χ3v) is 4.52. The van der Waals surface area contributed by atoms with E-state index in [1.54, 1.807) is 11.8 Å². The highest BCUT2D eigenvalue weighted by atomic mass is 32.2. The number of nitrogens with zero attached hydrogens (tertiary/aromatic N) is 3. The summed E-state index contributed by atoms with van der Waals surface area (Å²) >= 11 is 1.66. The lowest BCUT2D eigenvalue weighted by Crippen LogP contribution is -2.15. The van der Waals surface area contributed by atoms with Gasteiger partial charge in [-0.1, -0.05) is 42.1 Å². The van der Waals surface area contributed by atoms with Crippen LogP contribution in [0.5, 0.6) is 0 Å². The number of hydrogen-bond acceptors (Lipinski definition) is 4. The standard InChI is InChI=1S/C15H18N4OS/c16-13(20)8-9-19-14(12-6-7-12)17-18-15(19)21-10-11-4-2-1-3-5-11/h1-5,12H,6-10H2,(H2,16,20). The third-order valence-electron chi connectivity index (χ3n) is 3.48. The lowest BCUT2D eigenvalue weighted by Gasteiger charge is -2.08. The minimum absolute atomic E-state index is 0.288. The number of thioether (sulfide) groups is 1. The zero-order valence-corrected chi connectivity index (χ0v) is 12.6. The first-order valence-electron chi connectivity index (χ1n) is 7.12. The van der Waals surface area contributed by atoms with Crippen molar-refractivity contribution in [2.24, 2.45) is 5.73 Å². The van der Waals surface area contributed by atoms with Gasteiger partial charge >= 0.3 is 0 Å². The predicted molar refractivity (Wildman–Crippen MR) is 81.8 cm³/mol. The normalized spacial score (nSPS) is 14.3. The Bertz CT molecular complexity index is 622. The summed E-state index contributed by atoms with van der Waals surface area (Å²) in [5.74, 6) is 2.08. The highest BCUT2D eigenvalue weighted by Crippen LogP contribution is 2.40. The Hall–Kier alpha value is -1.82. The summed E-state index contributed by atoms with van der Waals surface area (Å²) in [5.41, 5.74) is 6.52. The molecule has 6 heteroatoms. The van der Waals surface area contributed by atoms with Gasteiger partial charge in [0, 0.05) is 24.6 Å². The van der Waals surface area contributed by atoms with E-state index in [4.69, 9.17) is 5.73 Å². The number of amides is 1. The first-order valence-corrected chi connectivity index (χ1v) is 8.10. The summed E-state index contributed by atoms with van der Waals surface area (Å²) in [6.07, 6.45) is 2.66. The molecule has 3 rings (SSSR count). The Morgan fingerprint density at radius 3 is 2.71 bits per heavy atom. The fourth-order valence-corrected chi connectivity index (χ4v) is 3.13. The fraction of sp³-hybridized carbons (Fsp3) is 0.400. The van der Waals surface area contributed by atoms with E-state index in [1.807, 2.05) is 18.2 Å². The topological polar surface area (TPSA) is 73.8 Å². The molecule has 1 aliphatic rings. The molecule has 0 saturated heterocycles. The van der Waals surface area contributed by atoms with Crippen LogP contribution in [0.4, 0.5) is 0 Å². The Balaban J connectivity index is 1.72. The SMILES string of the molecule is NC(=O)CCn1c(SCc2ccccc2)nnc1C1CC1. The van der Waals surface area contributed by atoms with E-state index < -0.39 is 0 Å². The predicted octanol–water partition coefficient (Wildman–Crippen LogP) is 2.32. The van der Waals surface area contributed by atoms with E-state index >= 15 is 0 Å². The van der Waals surface area contributed by atoms with Crippen LogP contribution in [0.1, 0.15) is 36.6 Å². The van der Waals surface area contributed by atoms with Crippen molar-refractivity contribution in [1.82, 2.24) is 14.8 Å². The Morgan fingerprint density at radius 2 is 2.05 bits per heavy atom. The maximum Gasteiger partial charge on any atom is 0.219 e. The van der Waals surface area contributed by atoms with Crippen molar-refractivity contribution in [2.45, 2.75) is 42.6 Å². The zero-order chi connectivity index (χ0) is 14.7. The average Bonchev–Trinajstić information content (AvgIpc) is 3.25. The van der Waals surface area contributed by atoms with Crippen LogP contribution < -0.4 is 5.73 Å². The molecule has 0 radical (unpaired) electrons. The van der Waals surface area contributed by atoms with E-state index in [1.165, 1.54) is 5.56 Å². The van der Waals surface area contributed by atoms with Crippen molar-refractivity contribution in [3.63, 3.8) is 0 Å². The Kier molecular flexibility index (Phi) is 4.24. The zero-order valence-electron chi connectivity index (χ0n) is 11.7. The number of rotatable bonds is 7. The molecule has 1 aromatic carbocycles. The molecule has 1 heterocycles. The van der Waals surface area contributed by atoms with E-state index in [0.717, 1.165) is 29.6 Å². The van der Waals surface area contributed by atoms with Crippen molar-refractivity contribution >= 4 is 17.7 Å². The van der Waals surface area contributed by atoms with Crippen LogP contribution in [0, 0.1) is 0 Å². The van der Waals surface area contributed by atoms with Crippen molar-refractivity contribution in [3.05, 3.63) is 41.7 Å². The minimum atomic E-state index is -0.288. The molecule has 1 fully saturated rings. The van der Waals surface area contributed by atoms with E-state index in [9.17, 15) is 4.79 Å². The van der Waals surface area contributed by atoms with Crippen molar-refractivity contribution in [2.75, 3.05) is 0 Å². The van der Waals surface area contributed by atoms with Crippen LogP contribution in [0.15, 0.2) is 35.5 Å². The van der Waals surface area contributed by atoms with Gasteiger partial charge in [0.2, 0.25) is 5.91 Å². The number of hydrogen-bond donors (Lipinski definition) is 1. The number of benzene rings is 1. The maximum atomic E-state index is 11.0. The van der Waals surface area contributed by atoms with Crippen molar-refractivity contribution < 1.29 is 4.79 Å². The molecule has 0 unspecified atom stereocenters. The van der Waals surface area contributed by atoms with Crippen LogP contribution in [-0.2, 0) is 17.1 Å². The number of aromatic nitrogens is 3. The lowest BCUT2D eigenvalue weighted by molar-refractivity contribution is -0.118. The van der Waals surface area contributed by atoms with E-state index in [0.29, 0.717) is 18.9 Å². The lowest BCUT2D eigenvalue weighted by atomic mass is 10.2. The van der Waals surface area contributed by atoms with Gasteiger partial charge in [-0.05, 0) is 18.4 Å². The van der Waals surface area contributed by atoms with Crippen LogP contribution in [0.25, 0.3) is 0 Å². The second-order valence-electron chi connectivity index (χ2n) is 5.26. The van der Waals surface area contributed by atoms with Gasteiger partial charge in [-0.25, -0.2) is 0 Å². The molecular formula is C15H18N4OS. The summed E-state index contributed by atoms with van der Waals surface area (Å²) in [7, 11) is 0. The maximum absolute atomic E-state index is 11.0. The molecule has 0 bridgehead atoms. The van der Waals surface area contributed by atoms with Gasteiger partial charge in [0.1, 0.15) is 5.82 Å². The molecule has 5 nitrogen and oxygen atoms in total. The summed E-state index contributed by atoms with van der Waals surface area (Å²) in [5, 5.41) is 9.48. The van der Waals surface area contributed by atoms with Gasteiger partial charge < -0.3 is 10.3 Å². The van der Waals surface area contributed by atoms with Crippen LogP contribution in [0.3, 0.4) is 0 Å².